The third-order valence-electron chi connectivity index (χ3n) is 3.78. The van der Waals surface area contributed by atoms with Gasteiger partial charge in [-0.05, 0) is 44.0 Å². The number of nitrogens with zero attached hydrogens (tertiary/aromatic N) is 2. The second kappa shape index (κ2) is 5.10. The fourth-order valence-corrected chi connectivity index (χ4v) is 3.76. The Kier molecular flexibility index (Phi) is 3.88. The van der Waals surface area contributed by atoms with Gasteiger partial charge in [0.1, 0.15) is 11.4 Å². The van der Waals surface area contributed by atoms with Crippen molar-refractivity contribution in [1.29, 1.82) is 0 Å². The maximum Gasteiger partial charge on any atom is 0.271 e. The lowest BCUT2D eigenvalue weighted by atomic mass is 9.89. The van der Waals surface area contributed by atoms with Crippen LogP contribution in [-0.4, -0.2) is 30.0 Å². The molecular weight excluding hydrogens is 312 g/mol. The van der Waals surface area contributed by atoms with Crippen LogP contribution in [0.25, 0.3) is 0 Å². The van der Waals surface area contributed by atoms with Crippen molar-refractivity contribution in [1.82, 2.24) is 4.31 Å². The topological polar surface area (TPSA) is 66.8 Å². The molecule has 1 atom stereocenters. The van der Waals surface area contributed by atoms with Crippen LogP contribution in [0.4, 0.5) is 0 Å². The maximum absolute atomic E-state index is 12.7. The Bertz CT molecular complexity index is 710. The number of hydrogen-bond donors (Lipinski definition) is 0. The monoisotopic (exact) mass is 328 g/mol. The van der Waals surface area contributed by atoms with Crippen LogP contribution < -0.4 is 0 Å². The number of hydrogen-bond acceptors (Lipinski definition) is 4. The zero-order valence-corrected chi connectivity index (χ0v) is 13.9. The number of sulfonamides is 1. The molecule has 1 aromatic carbocycles. The highest BCUT2D eigenvalue weighted by Gasteiger charge is 2.50. The first-order chi connectivity index (χ1) is 9.60. The molecule has 0 saturated heterocycles. The SMILES string of the molecule is CC1=NC(C)(C(C)C)C(=O)N1S(=O)(=O)c1ccc(Cl)cc1. The Morgan fingerprint density at radius 2 is 1.76 bits per heavy atom. The summed E-state index contributed by atoms with van der Waals surface area (Å²) in [5, 5.41) is 0.430. The summed E-state index contributed by atoms with van der Waals surface area (Å²) in [6.45, 7) is 6.86. The van der Waals surface area contributed by atoms with Gasteiger partial charge in [0.2, 0.25) is 0 Å². The molecule has 0 fully saturated rings. The Morgan fingerprint density at radius 3 is 2.19 bits per heavy atom. The minimum Gasteiger partial charge on any atom is -0.271 e. The van der Waals surface area contributed by atoms with E-state index in [2.05, 4.69) is 4.99 Å². The second-order valence-corrected chi connectivity index (χ2v) is 7.71. The average Bonchev–Trinajstić information content (AvgIpc) is 2.62. The second-order valence-electron chi connectivity index (χ2n) is 5.49. The third kappa shape index (κ3) is 2.46. The molecule has 0 spiro atoms. The molecule has 1 aromatic rings. The number of rotatable bonds is 3. The summed E-state index contributed by atoms with van der Waals surface area (Å²) in [5.41, 5.74) is -1.05. The molecule has 1 heterocycles. The van der Waals surface area contributed by atoms with Crippen LogP contribution >= 0.6 is 11.6 Å². The molecule has 21 heavy (non-hydrogen) atoms. The summed E-state index contributed by atoms with van der Waals surface area (Å²) < 4.78 is 26.1. The number of amides is 1. The molecular formula is C14H17ClN2O3S. The number of amidine groups is 1. The Hall–Kier alpha value is -1.40. The van der Waals surface area contributed by atoms with Gasteiger partial charge in [-0.25, -0.2) is 8.42 Å². The van der Waals surface area contributed by atoms with Gasteiger partial charge >= 0.3 is 0 Å². The molecule has 7 heteroatoms. The van der Waals surface area contributed by atoms with Crippen molar-refractivity contribution in [3.8, 4) is 0 Å². The number of carbonyl (C=O) groups is 1. The van der Waals surface area contributed by atoms with E-state index in [9.17, 15) is 13.2 Å². The molecule has 5 nitrogen and oxygen atoms in total. The van der Waals surface area contributed by atoms with Crippen molar-refractivity contribution in [2.24, 2.45) is 10.9 Å². The summed E-state index contributed by atoms with van der Waals surface area (Å²) >= 11 is 5.77. The normalized spacial score (nSPS) is 22.9. The van der Waals surface area contributed by atoms with Gasteiger partial charge in [0.25, 0.3) is 15.9 Å². The summed E-state index contributed by atoms with van der Waals surface area (Å²) in [6.07, 6.45) is 0. The lowest BCUT2D eigenvalue weighted by Gasteiger charge is -2.25. The van der Waals surface area contributed by atoms with E-state index in [1.54, 1.807) is 6.92 Å². The fraction of sp³-hybridized carbons (Fsp3) is 0.429. The summed E-state index contributed by atoms with van der Waals surface area (Å²) in [4.78, 5) is 16.9. The highest BCUT2D eigenvalue weighted by atomic mass is 35.5. The number of aliphatic imine (C=N–C) groups is 1. The maximum atomic E-state index is 12.7. The summed E-state index contributed by atoms with van der Waals surface area (Å²) in [5.74, 6) is -0.443. The third-order valence-corrected chi connectivity index (χ3v) is 5.81. The van der Waals surface area contributed by atoms with Gasteiger partial charge < -0.3 is 0 Å². The number of benzene rings is 1. The standard InChI is InChI=1S/C14H17ClN2O3S/c1-9(2)14(4)13(18)17(10(3)16-14)21(19,20)12-7-5-11(15)6-8-12/h5-9H,1-4H3. The molecule has 0 N–H and O–H groups in total. The first kappa shape index (κ1) is 16.0. The number of carbonyl (C=O) groups excluding carboxylic acids is 1. The Morgan fingerprint density at radius 1 is 1.24 bits per heavy atom. The summed E-state index contributed by atoms with van der Waals surface area (Å²) in [7, 11) is -3.96. The zero-order chi connectivity index (χ0) is 16.0. The van der Waals surface area contributed by atoms with E-state index in [1.807, 2.05) is 13.8 Å². The highest BCUT2D eigenvalue weighted by Crippen LogP contribution is 2.33. The minimum atomic E-state index is -3.96. The quantitative estimate of drug-likeness (QED) is 0.856. The van der Waals surface area contributed by atoms with Gasteiger partial charge in [-0.1, -0.05) is 25.4 Å². The van der Waals surface area contributed by atoms with Gasteiger partial charge in [0.15, 0.2) is 0 Å². The minimum absolute atomic E-state index is 0.0165. The smallest absolute Gasteiger partial charge is 0.271 e. The van der Waals surface area contributed by atoms with Gasteiger partial charge in [-0.15, -0.1) is 0 Å². The Balaban J connectivity index is 2.50. The van der Waals surface area contributed by atoms with Gasteiger partial charge in [0.05, 0.1) is 4.90 Å². The zero-order valence-electron chi connectivity index (χ0n) is 12.3. The molecule has 1 amide bonds. The first-order valence-electron chi connectivity index (χ1n) is 6.52. The van der Waals surface area contributed by atoms with Crippen LogP contribution in [0.5, 0.6) is 0 Å². The fourth-order valence-electron chi connectivity index (χ4n) is 2.15. The van der Waals surface area contributed by atoms with Crippen LogP contribution in [0.1, 0.15) is 27.7 Å². The van der Waals surface area contributed by atoms with Crippen LogP contribution in [0, 0.1) is 5.92 Å². The van der Waals surface area contributed by atoms with Crippen LogP contribution in [0.15, 0.2) is 34.2 Å². The molecule has 1 aliphatic heterocycles. The lowest BCUT2D eigenvalue weighted by Crippen LogP contribution is -2.46. The van der Waals surface area contributed by atoms with Crippen molar-refractivity contribution < 1.29 is 13.2 Å². The molecule has 1 unspecified atom stereocenters. The first-order valence-corrected chi connectivity index (χ1v) is 8.34. The van der Waals surface area contributed by atoms with Crippen molar-refractivity contribution >= 4 is 33.4 Å². The predicted octanol–water partition coefficient (Wildman–Crippen LogP) is 2.70. The van der Waals surface area contributed by atoms with Crippen LogP contribution in [-0.2, 0) is 14.8 Å². The van der Waals surface area contributed by atoms with E-state index < -0.39 is 21.5 Å². The van der Waals surface area contributed by atoms with E-state index in [4.69, 9.17) is 11.6 Å². The van der Waals surface area contributed by atoms with E-state index in [-0.39, 0.29) is 16.6 Å². The van der Waals surface area contributed by atoms with Crippen LogP contribution in [0.3, 0.4) is 0 Å². The van der Waals surface area contributed by atoms with Gasteiger partial charge in [-0.3, -0.25) is 9.79 Å². The molecule has 2 rings (SSSR count). The highest BCUT2D eigenvalue weighted by molar-refractivity contribution is 7.90. The molecule has 0 radical (unpaired) electrons. The van der Waals surface area contributed by atoms with Crippen molar-refractivity contribution in [3.05, 3.63) is 29.3 Å². The van der Waals surface area contributed by atoms with E-state index in [1.165, 1.54) is 31.2 Å². The summed E-state index contributed by atoms with van der Waals surface area (Å²) in [6, 6.07) is 5.71. The van der Waals surface area contributed by atoms with Crippen LogP contribution in [0.2, 0.25) is 5.02 Å². The van der Waals surface area contributed by atoms with Crippen molar-refractivity contribution in [2.75, 3.05) is 0 Å². The molecule has 0 bridgehead atoms. The van der Waals surface area contributed by atoms with Gasteiger partial charge in [-0.2, -0.15) is 4.31 Å². The predicted molar refractivity (Wildman–Crippen MR) is 81.8 cm³/mol. The average molecular weight is 329 g/mol. The van der Waals surface area contributed by atoms with Crippen molar-refractivity contribution in [3.63, 3.8) is 0 Å². The molecule has 0 saturated carbocycles. The Labute approximate surface area is 129 Å². The largest absolute Gasteiger partial charge is 0.271 e. The van der Waals surface area contributed by atoms with E-state index >= 15 is 0 Å². The van der Waals surface area contributed by atoms with E-state index in [0.29, 0.717) is 5.02 Å². The molecule has 0 aliphatic carbocycles. The molecule has 114 valence electrons. The van der Waals surface area contributed by atoms with Gasteiger partial charge in [0, 0.05) is 5.02 Å². The molecule has 0 aromatic heterocycles. The van der Waals surface area contributed by atoms with E-state index in [0.717, 1.165) is 4.31 Å². The molecule has 1 aliphatic rings. The van der Waals surface area contributed by atoms with Crippen molar-refractivity contribution in [2.45, 2.75) is 38.1 Å². The lowest BCUT2D eigenvalue weighted by molar-refractivity contribution is -0.128. The number of halogens is 1.